The maximum Gasteiger partial charge on any atom is 0.211 e. The summed E-state index contributed by atoms with van der Waals surface area (Å²) in [7, 11) is 0. The highest BCUT2D eigenvalue weighted by molar-refractivity contribution is 5.77. The Bertz CT molecular complexity index is 463. The number of fused-ring (bicyclic) bond motifs is 1. The second kappa shape index (κ2) is 2.31. The number of aromatic amines is 1. The lowest BCUT2D eigenvalue weighted by Crippen LogP contribution is -1.78. The minimum absolute atomic E-state index is 0.334. The van der Waals surface area contributed by atoms with Gasteiger partial charge in [-0.15, -0.1) is 0 Å². The smallest absolute Gasteiger partial charge is 0.211 e. The van der Waals surface area contributed by atoms with E-state index in [2.05, 4.69) is 15.0 Å². The third-order valence-corrected chi connectivity index (χ3v) is 1.68. The number of nitrogens with one attached hydrogen (secondary N) is 1. The summed E-state index contributed by atoms with van der Waals surface area (Å²) >= 11 is 0. The number of nitriles is 1. The van der Waals surface area contributed by atoms with Gasteiger partial charge in [0.1, 0.15) is 6.07 Å². The minimum atomic E-state index is 0.334. The van der Waals surface area contributed by atoms with Gasteiger partial charge in [-0.3, -0.25) is 4.98 Å². The molecule has 0 aliphatic rings. The number of aromatic nitrogens is 3. The van der Waals surface area contributed by atoms with Crippen LogP contribution in [-0.4, -0.2) is 15.0 Å². The number of hydrogen-bond donors (Lipinski definition) is 1. The van der Waals surface area contributed by atoms with Gasteiger partial charge in [0.25, 0.3) is 0 Å². The van der Waals surface area contributed by atoms with Gasteiger partial charge in [-0.2, -0.15) is 5.26 Å². The monoisotopic (exact) mass is 158 g/mol. The van der Waals surface area contributed by atoms with Gasteiger partial charge in [-0.05, 0) is 12.5 Å². The molecule has 0 fully saturated rings. The zero-order chi connectivity index (χ0) is 8.55. The third-order valence-electron chi connectivity index (χ3n) is 1.68. The number of rotatable bonds is 0. The average molecular weight is 158 g/mol. The number of hydrogen-bond acceptors (Lipinski definition) is 3. The number of nitrogens with zero attached hydrogens (tertiary/aromatic N) is 3. The topological polar surface area (TPSA) is 65.4 Å². The van der Waals surface area contributed by atoms with Crippen molar-refractivity contribution in [2.24, 2.45) is 0 Å². The molecule has 0 aromatic carbocycles. The lowest BCUT2D eigenvalue weighted by Gasteiger charge is -1.89. The molecule has 0 saturated carbocycles. The van der Waals surface area contributed by atoms with Crippen LogP contribution in [0.1, 0.15) is 11.4 Å². The van der Waals surface area contributed by atoms with Crippen LogP contribution in [0, 0.1) is 18.3 Å². The number of aryl methyl sites for hydroxylation is 1. The van der Waals surface area contributed by atoms with Gasteiger partial charge in [0.2, 0.25) is 5.82 Å². The van der Waals surface area contributed by atoms with E-state index in [1.807, 2.05) is 13.0 Å². The van der Waals surface area contributed by atoms with Crippen molar-refractivity contribution in [1.29, 1.82) is 5.26 Å². The van der Waals surface area contributed by atoms with Crippen LogP contribution >= 0.6 is 0 Å². The van der Waals surface area contributed by atoms with Gasteiger partial charge in [0.15, 0.2) is 0 Å². The fourth-order valence-corrected chi connectivity index (χ4v) is 1.12. The molecule has 0 atom stereocenters. The van der Waals surface area contributed by atoms with E-state index >= 15 is 0 Å². The minimum Gasteiger partial charge on any atom is -0.328 e. The van der Waals surface area contributed by atoms with Gasteiger partial charge in [0, 0.05) is 6.20 Å². The Balaban J connectivity index is 2.85. The first-order valence-electron chi connectivity index (χ1n) is 3.51. The molecule has 2 aromatic rings. The van der Waals surface area contributed by atoms with E-state index in [0.29, 0.717) is 5.82 Å². The first-order valence-corrected chi connectivity index (χ1v) is 3.51. The molecular weight excluding hydrogens is 152 g/mol. The van der Waals surface area contributed by atoms with E-state index in [4.69, 9.17) is 5.26 Å². The summed E-state index contributed by atoms with van der Waals surface area (Å²) in [5.74, 6) is 0.334. The molecule has 4 nitrogen and oxygen atoms in total. The highest BCUT2D eigenvalue weighted by Crippen LogP contribution is 2.12. The maximum absolute atomic E-state index is 8.57. The number of H-pyrrole nitrogens is 1. The molecule has 12 heavy (non-hydrogen) atoms. The van der Waals surface area contributed by atoms with Crippen molar-refractivity contribution in [1.82, 2.24) is 15.0 Å². The molecule has 2 rings (SSSR count). The molecule has 2 aromatic heterocycles. The summed E-state index contributed by atoms with van der Waals surface area (Å²) in [4.78, 5) is 10.9. The molecular formula is C8H6N4. The number of imidazole rings is 1. The molecule has 0 aliphatic carbocycles. The van der Waals surface area contributed by atoms with Gasteiger partial charge < -0.3 is 4.98 Å². The largest absolute Gasteiger partial charge is 0.328 e. The van der Waals surface area contributed by atoms with Crippen molar-refractivity contribution in [2.45, 2.75) is 6.92 Å². The second-order valence-corrected chi connectivity index (χ2v) is 2.55. The van der Waals surface area contributed by atoms with Crippen LogP contribution in [0.15, 0.2) is 12.4 Å². The van der Waals surface area contributed by atoms with Gasteiger partial charge >= 0.3 is 0 Å². The van der Waals surface area contributed by atoms with Crippen molar-refractivity contribution < 1.29 is 0 Å². The first-order chi connectivity index (χ1) is 5.81. The Labute approximate surface area is 68.9 Å². The van der Waals surface area contributed by atoms with E-state index in [-0.39, 0.29) is 0 Å². The average Bonchev–Trinajstić information content (AvgIpc) is 2.49. The molecule has 0 aliphatic heterocycles. The van der Waals surface area contributed by atoms with E-state index in [0.717, 1.165) is 16.6 Å². The second-order valence-electron chi connectivity index (χ2n) is 2.55. The summed E-state index contributed by atoms with van der Waals surface area (Å²) in [6.07, 6.45) is 3.39. The highest BCUT2D eigenvalue weighted by Gasteiger charge is 2.03. The Morgan fingerprint density at radius 2 is 2.33 bits per heavy atom. The van der Waals surface area contributed by atoms with Crippen molar-refractivity contribution >= 4 is 11.0 Å². The zero-order valence-electron chi connectivity index (χ0n) is 6.50. The van der Waals surface area contributed by atoms with E-state index in [1.54, 1.807) is 12.4 Å². The first kappa shape index (κ1) is 6.80. The van der Waals surface area contributed by atoms with Crippen molar-refractivity contribution in [2.75, 3.05) is 0 Å². The molecule has 0 bridgehead atoms. The van der Waals surface area contributed by atoms with Gasteiger partial charge in [0.05, 0.1) is 17.2 Å². The molecule has 0 spiro atoms. The Hall–Kier alpha value is -1.89. The Morgan fingerprint density at radius 3 is 3.00 bits per heavy atom. The third kappa shape index (κ3) is 0.839. The van der Waals surface area contributed by atoms with Crippen molar-refractivity contribution in [3.05, 3.63) is 23.8 Å². The van der Waals surface area contributed by atoms with Crippen LogP contribution < -0.4 is 0 Å². The van der Waals surface area contributed by atoms with Crippen LogP contribution in [0.2, 0.25) is 0 Å². The predicted molar refractivity (Wildman–Crippen MR) is 43.3 cm³/mol. The van der Waals surface area contributed by atoms with Crippen LogP contribution in [0.25, 0.3) is 11.0 Å². The van der Waals surface area contributed by atoms with Crippen molar-refractivity contribution in [3.63, 3.8) is 0 Å². The SMILES string of the molecule is Cc1cncc2[nH]c(C#N)nc12. The fraction of sp³-hybridized carbons (Fsp3) is 0.125. The molecule has 0 radical (unpaired) electrons. The van der Waals surface area contributed by atoms with Crippen LogP contribution in [0.5, 0.6) is 0 Å². The van der Waals surface area contributed by atoms with Crippen LogP contribution in [0.4, 0.5) is 0 Å². The maximum atomic E-state index is 8.57. The van der Waals surface area contributed by atoms with Crippen molar-refractivity contribution in [3.8, 4) is 6.07 Å². The lowest BCUT2D eigenvalue weighted by atomic mass is 10.3. The summed E-state index contributed by atoms with van der Waals surface area (Å²) in [5.41, 5.74) is 2.61. The van der Waals surface area contributed by atoms with Crippen LogP contribution in [-0.2, 0) is 0 Å². The van der Waals surface area contributed by atoms with E-state index in [1.165, 1.54) is 0 Å². The molecule has 58 valence electrons. The summed E-state index contributed by atoms with van der Waals surface area (Å²) in [6.45, 7) is 1.91. The fourth-order valence-electron chi connectivity index (χ4n) is 1.12. The summed E-state index contributed by atoms with van der Waals surface area (Å²) < 4.78 is 0. The zero-order valence-corrected chi connectivity index (χ0v) is 6.50. The molecule has 1 N–H and O–H groups in total. The molecule has 0 saturated heterocycles. The molecule has 0 amide bonds. The molecule has 0 unspecified atom stereocenters. The molecule has 2 heterocycles. The van der Waals surface area contributed by atoms with Gasteiger partial charge in [-0.1, -0.05) is 0 Å². The highest BCUT2D eigenvalue weighted by atomic mass is 14.9. The number of pyridine rings is 1. The Kier molecular flexibility index (Phi) is 1.31. The van der Waals surface area contributed by atoms with Crippen LogP contribution in [0.3, 0.4) is 0 Å². The van der Waals surface area contributed by atoms with E-state index < -0.39 is 0 Å². The lowest BCUT2D eigenvalue weighted by molar-refractivity contribution is 1.25. The predicted octanol–water partition coefficient (Wildman–Crippen LogP) is 1.14. The molecule has 4 heteroatoms. The quantitative estimate of drug-likeness (QED) is 0.625. The summed E-state index contributed by atoms with van der Waals surface area (Å²) in [6, 6.07) is 1.95. The van der Waals surface area contributed by atoms with Gasteiger partial charge in [-0.25, -0.2) is 4.98 Å². The standard InChI is InChI=1S/C8H6N4/c1-5-3-10-4-6-8(5)12-7(2-9)11-6/h3-4H,1H3,(H,11,12). The normalized spacial score (nSPS) is 10.0. The Morgan fingerprint density at radius 1 is 1.50 bits per heavy atom. The van der Waals surface area contributed by atoms with E-state index in [9.17, 15) is 0 Å². The summed E-state index contributed by atoms with van der Waals surface area (Å²) in [5, 5.41) is 8.57.